The zero-order valence-corrected chi connectivity index (χ0v) is 10.7. The summed E-state index contributed by atoms with van der Waals surface area (Å²) < 4.78 is 1.18. The Morgan fingerprint density at radius 3 is 2.12 bits per heavy atom. The Bertz CT molecular complexity index is 751. The standard InChI is InChI=1S/C16H9Br/c17-14-9-3-7-12-11-6-1-4-10-5-2-8-13(15(10)11)16(12)14/h1-9H. The molecule has 0 saturated carbocycles. The highest BCUT2D eigenvalue weighted by Gasteiger charge is 2.22. The van der Waals surface area contributed by atoms with E-state index >= 15 is 0 Å². The first-order chi connectivity index (χ1) is 8.36. The summed E-state index contributed by atoms with van der Waals surface area (Å²) >= 11 is 3.67. The Balaban J connectivity index is 2.31. The maximum Gasteiger partial charge on any atom is 0.0260 e. The lowest BCUT2D eigenvalue weighted by atomic mass is 10.0. The van der Waals surface area contributed by atoms with E-state index in [9.17, 15) is 0 Å². The number of hydrogen-bond acceptors (Lipinski definition) is 0. The van der Waals surface area contributed by atoms with Crippen LogP contribution in [0.1, 0.15) is 0 Å². The number of benzene rings is 3. The van der Waals surface area contributed by atoms with Gasteiger partial charge in [0.2, 0.25) is 0 Å². The minimum atomic E-state index is 1.18. The van der Waals surface area contributed by atoms with Crippen molar-refractivity contribution < 1.29 is 0 Å². The maximum absolute atomic E-state index is 3.67. The van der Waals surface area contributed by atoms with Crippen LogP contribution in [0.15, 0.2) is 59.1 Å². The van der Waals surface area contributed by atoms with Crippen LogP contribution >= 0.6 is 15.9 Å². The molecule has 0 aliphatic heterocycles. The molecule has 0 saturated heterocycles. The maximum atomic E-state index is 3.67. The van der Waals surface area contributed by atoms with Gasteiger partial charge in [0, 0.05) is 10.0 Å². The summed E-state index contributed by atoms with van der Waals surface area (Å²) in [4.78, 5) is 0. The predicted molar refractivity (Wildman–Crippen MR) is 76.1 cm³/mol. The van der Waals surface area contributed by atoms with Crippen LogP contribution in [-0.4, -0.2) is 0 Å². The molecule has 4 rings (SSSR count). The fourth-order valence-corrected chi connectivity index (χ4v) is 3.38. The second-order valence-corrected chi connectivity index (χ2v) is 5.23. The van der Waals surface area contributed by atoms with Crippen molar-refractivity contribution >= 4 is 26.7 Å². The molecular weight excluding hydrogens is 272 g/mol. The van der Waals surface area contributed by atoms with Crippen LogP contribution in [0.4, 0.5) is 0 Å². The third kappa shape index (κ3) is 1.12. The average molecular weight is 281 g/mol. The van der Waals surface area contributed by atoms with Gasteiger partial charge in [-0.25, -0.2) is 0 Å². The molecule has 0 aromatic heterocycles. The lowest BCUT2D eigenvalue weighted by molar-refractivity contribution is 1.65. The smallest absolute Gasteiger partial charge is 0.0260 e. The van der Waals surface area contributed by atoms with Gasteiger partial charge in [-0.1, -0.05) is 64.5 Å². The summed E-state index contributed by atoms with van der Waals surface area (Å²) in [6, 6.07) is 19.5. The summed E-state index contributed by atoms with van der Waals surface area (Å²) in [6.07, 6.45) is 0. The molecule has 0 unspecified atom stereocenters. The normalized spacial score (nSPS) is 11.8. The number of hydrogen-bond donors (Lipinski definition) is 0. The van der Waals surface area contributed by atoms with Gasteiger partial charge in [-0.15, -0.1) is 0 Å². The van der Waals surface area contributed by atoms with Gasteiger partial charge in [0.05, 0.1) is 0 Å². The van der Waals surface area contributed by atoms with Crippen molar-refractivity contribution in [3.8, 4) is 22.3 Å². The van der Waals surface area contributed by atoms with E-state index in [2.05, 4.69) is 70.5 Å². The molecule has 0 radical (unpaired) electrons. The van der Waals surface area contributed by atoms with Gasteiger partial charge < -0.3 is 0 Å². The monoisotopic (exact) mass is 280 g/mol. The molecule has 1 aliphatic rings. The molecule has 3 aromatic carbocycles. The van der Waals surface area contributed by atoms with Gasteiger partial charge in [-0.3, -0.25) is 0 Å². The summed E-state index contributed by atoms with van der Waals surface area (Å²) in [6.45, 7) is 0. The number of rotatable bonds is 0. The second-order valence-electron chi connectivity index (χ2n) is 4.37. The predicted octanol–water partition coefficient (Wildman–Crippen LogP) is 5.25. The van der Waals surface area contributed by atoms with Gasteiger partial charge in [0.1, 0.15) is 0 Å². The Labute approximate surface area is 108 Å². The summed E-state index contributed by atoms with van der Waals surface area (Å²) in [5.41, 5.74) is 5.38. The third-order valence-electron chi connectivity index (χ3n) is 3.48. The third-order valence-corrected chi connectivity index (χ3v) is 4.14. The molecule has 1 heteroatoms. The van der Waals surface area contributed by atoms with E-state index in [1.165, 1.54) is 37.5 Å². The molecule has 0 heterocycles. The van der Waals surface area contributed by atoms with E-state index in [1.807, 2.05) is 0 Å². The number of fused-ring (bicyclic) bond motifs is 3. The van der Waals surface area contributed by atoms with Gasteiger partial charge in [-0.2, -0.15) is 0 Å². The van der Waals surface area contributed by atoms with Gasteiger partial charge in [0.25, 0.3) is 0 Å². The highest BCUT2D eigenvalue weighted by molar-refractivity contribution is 9.10. The van der Waals surface area contributed by atoms with Crippen LogP contribution in [-0.2, 0) is 0 Å². The molecule has 80 valence electrons. The lowest BCUT2D eigenvalue weighted by Gasteiger charge is -2.03. The van der Waals surface area contributed by atoms with Crippen LogP contribution in [0.2, 0.25) is 0 Å². The van der Waals surface area contributed by atoms with Crippen LogP contribution in [0, 0.1) is 0 Å². The van der Waals surface area contributed by atoms with Crippen LogP contribution < -0.4 is 0 Å². The number of halogens is 1. The Hall–Kier alpha value is -1.60. The van der Waals surface area contributed by atoms with Crippen molar-refractivity contribution in [2.75, 3.05) is 0 Å². The van der Waals surface area contributed by atoms with Crippen molar-refractivity contribution in [2.45, 2.75) is 0 Å². The quantitative estimate of drug-likeness (QED) is 0.413. The fourth-order valence-electron chi connectivity index (χ4n) is 2.80. The van der Waals surface area contributed by atoms with E-state index in [4.69, 9.17) is 0 Å². The Kier molecular flexibility index (Phi) is 1.78. The SMILES string of the molecule is Brc1cccc2c1-c1cccc3cccc-2c13. The molecule has 1 aliphatic carbocycles. The summed E-state index contributed by atoms with van der Waals surface area (Å²) in [5.74, 6) is 0. The van der Waals surface area contributed by atoms with Crippen LogP contribution in [0.5, 0.6) is 0 Å². The molecular formula is C16H9Br. The largest absolute Gasteiger partial charge is 0.0610 e. The minimum Gasteiger partial charge on any atom is -0.0610 e. The zero-order valence-electron chi connectivity index (χ0n) is 9.07. The van der Waals surface area contributed by atoms with Crippen molar-refractivity contribution in [3.63, 3.8) is 0 Å². The van der Waals surface area contributed by atoms with Gasteiger partial charge in [-0.05, 0) is 33.5 Å². The highest BCUT2D eigenvalue weighted by Crippen LogP contribution is 2.49. The van der Waals surface area contributed by atoms with Crippen molar-refractivity contribution in [1.82, 2.24) is 0 Å². The Morgan fingerprint density at radius 1 is 0.647 bits per heavy atom. The van der Waals surface area contributed by atoms with E-state index in [-0.39, 0.29) is 0 Å². The lowest BCUT2D eigenvalue weighted by Crippen LogP contribution is -1.77. The molecule has 17 heavy (non-hydrogen) atoms. The van der Waals surface area contributed by atoms with Crippen LogP contribution in [0.25, 0.3) is 33.0 Å². The van der Waals surface area contributed by atoms with Gasteiger partial charge in [0.15, 0.2) is 0 Å². The summed E-state index contributed by atoms with van der Waals surface area (Å²) in [7, 11) is 0. The van der Waals surface area contributed by atoms with Crippen LogP contribution in [0.3, 0.4) is 0 Å². The molecule has 3 aromatic rings. The first-order valence-corrected chi connectivity index (χ1v) is 6.46. The molecule has 0 fully saturated rings. The van der Waals surface area contributed by atoms with Crippen molar-refractivity contribution in [1.29, 1.82) is 0 Å². The summed E-state index contributed by atoms with van der Waals surface area (Å²) in [5, 5.41) is 2.71. The minimum absolute atomic E-state index is 1.18. The molecule has 0 amide bonds. The van der Waals surface area contributed by atoms with E-state index in [1.54, 1.807) is 0 Å². The van der Waals surface area contributed by atoms with E-state index < -0.39 is 0 Å². The van der Waals surface area contributed by atoms with Gasteiger partial charge >= 0.3 is 0 Å². The zero-order chi connectivity index (χ0) is 11.4. The average Bonchev–Trinajstić information content (AvgIpc) is 2.69. The second kappa shape index (κ2) is 3.21. The Morgan fingerprint density at radius 2 is 1.29 bits per heavy atom. The molecule has 0 spiro atoms. The first-order valence-electron chi connectivity index (χ1n) is 5.67. The topological polar surface area (TPSA) is 0 Å². The van der Waals surface area contributed by atoms with E-state index in [0.29, 0.717) is 0 Å². The molecule has 0 N–H and O–H groups in total. The highest BCUT2D eigenvalue weighted by atomic mass is 79.9. The van der Waals surface area contributed by atoms with Crippen molar-refractivity contribution in [2.24, 2.45) is 0 Å². The molecule has 0 bridgehead atoms. The molecule has 0 atom stereocenters. The first kappa shape index (κ1) is 9.43. The van der Waals surface area contributed by atoms with Crippen molar-refractivity contribution in [3.05, 3.63) is 59.1 Å². The fraction of sp³-hybridized carbons (Fsp3) is 0. The van der Waals surface area contributed by atoms with E-state index in [0.717, 1.165) is 0 Å². The molecule has 0 nitrogen and oxygen atoms in total.